The minimum Gasteiger partial charge on any atom is -0.478 e. The van der Waals surface area contributed by atoms with Gasteiger partial charge < -0.3 is 15.3 Å². The first-order valence-electron chi connectivity index (χ1n) is 6.29. The quantitative estimate of drug-likeness (QED) is 0.833. The molecular weight excluding hydrogens is 296 g/mol. The van der Waals surface area contributed by atoms with Gasteiger partial charge >= 0.3 is 5.97 Å². The van der Waals surface area contributed by atoms with E-state index in [4.69, 9.17) is 16.7 Å². The largest absolute Gasteiger partial charge is 0.478 e. The molecule has 0 atom stereocenters. The molecule has 1 aliphatic rings. The summed E-state index contributed by atoms with van der Waals surface area (Å²) in [5.41, 5.74) is 1.04. The van der Waals surface area contributed by atoms with Gasteiger partial charge in [0.25, 0.3) is 0 Å². The Morgan fingerprint density at radius 2 is 2.10 bits per heavy atom. The maximum Gasteiger partial charge on any atom is 0.328 e. The summed E-state index contributed by atoms with van der Waals surface area (Å²) in [6.07, 6.45) is 2.96. The van der Waals surface area contributed by atoms with Crippen LogP contribution in [0.25, 0.3) is 0 Å². The van der Waals surface area contributed by atoms with Crippen LogP contribution in [-0.2, 0) is 14.4 Å². The number of nitrogens with one attached hydrogen (secondary N) is 1. The molecule has 110 valence electrons. The van der Waals surface area contributed by atoms with Crippen molar-refractivity contribution in [3.63, 3.8) is 0 Å². The minimum absolute atomic E-state index is 0.0260. The normalized spacial score (nSPS) is 14.7. The van der Waals surface area contributed by atoms with Gasteiger partial charge in [-0.3, -0.25) is 9.59 Å². The molecular formula is C14H13ClN2O4. The Morgan fingerprint density at radius 3 is 2.67 bits per heavy atom. The summed E-state index contributed by atoms with van der Waals surface area (Å²) < 4.78 is 0. The molecule has 0 bridgehead atoms. The lowest BCUT2D eigenvalue weighted by molar-refractivity contribution is -0.131. The van der Waals surface area contributed by atoms with Crippen molar-refractivity contribution in [1.29, 1.82) is 0 Å². The molecule has 7 heteroatoms. The number of aliphatic carboxylic acids is 1. The number of nitrogens with zero attached hydrogens (tertiary/aromatic N) is 1. The van der Waals surface area contributed by atoms with Crippen LogP contribution in [0.2, 0.25) is 5.02 Å². The third kappa shape index (κ3) is 3.82. The van der Waals surface area contributed by atoms with Crippen LogP contribution in [0.15, 0.2) is 30.4 Å². The van der Waals surface area contributed by atoms with E-state index in [9.17, 15) is 14.4 Å². The summed E-state index contributed by atoms with van der Waals surface area (Å²) >= 11 is 6.13. The van der Waals surface area contributed by atoms with Gasteiger partial charge in [0.2, 0.25) is 11.8 Å². The Bertz CT molecular complexity index is 627. The second-order valence-corrected chi connectivity index (χ2v) is 4.88. The van der Waals surface area contributed by atoms with Crippen LogP contribution in [0.3, 0.4) is 0 Å². The third-order valence-electron chi connectivity index (χ3n) is 2.96. The molecule has 21 heavy (non-hydrogen) atoms. The van der Waals surface area contributed by atoms with Crippen molar-refractivity contribution in [2.24, 2.45) is 0 Å². The van der Waals surface area contributed by atoms with Crippen LogP contribution in [0.1, 0.15) is 12.8 Å². The van der Waals surface area contributed by atoms with Crippen LogP contribution < -0.4 is 10.2 Å². The zero-order valence-corrected chi connectivity index (χ0v) is 11.8. The van der Waals surface area contributed by atoms with Crippen LogP contribution in [0.5, 0.6) is 0 Å². The smallest absolute Gasteiger partial charge is 0.328 e. The van der Waals surface area contributed by atoms with E-state index in [0.29, 0.717) is 29.4 Å². The standard InChI is InChI=1S/C14H13ClN2O4/c15-10-8-9(16-12(18)5-6-14(20)21)3-4-11(10)17-7-1-2-13(17)19/h3-6,8H,1-2,7H2,(H,16,18)(H,20,21)/b6-5+. The molecule has 6 nitrogen and oxygen atoms in total. The Balaban J connectivity index is 2.10. The fourth-order valence-electron chi connectivity index (χ4n) is 2.04. The molecule has 1 aromatic rings. The van der Waals surface area contributed by atoms with Crippen LogP contribution in [-0.4, -0.2) is 29.4 Å². The number of halogens is 1. The molecule has 1 heterocycles. The molecule has 0 saturated carbocycles. The highest BCUT2D eigenvalue weighted by Gasteiger charge is 2.23. The Morgan fingerprint density at radius 1 is 1.33 bits per heavy atom. The van der Waals surface area contributed by atoms with E-state index in [0.717, 1.165) is 18.6 Å². The van der Waals surface area contributed by atoms with E-state index in [1.807, 2.05) is 0 Å². The zero-order valence-electron chi connectivity index (χ0n) is 11.0. The number of rotatable bonds is 4. The summed E-state index contributed by atoms with van der Waals surface area (Å²) in [6, 6.07) is 4.79. The number of hydrogen-bond acceptors (Lipinski definition) is 3. The molecule has 0 aromatic heterocycles. The SMILES string of the molecule is O=C(O)/C=C/C(=O)Nc1ccc(N2CCCC2=O)c(Cl)c1. The second-order valence-electron chi connectivity index (χ2n) is 4.48. The first kappa shape index (κ1) is 15.1. The van der Waals surface area contributed by atoms with E-state index in [2.05, 4.69) is 5.32 Å². The zero-order chi connectivity index (χ0) is 15.4. The van der Waals surface area contributed by atoms with Crippen molar-refractivity contribution >= 4 is 40.8 Å². The van der Waals surface area contributed by atoms with Crippen molar-refractivity contribution in [2.75, 3.05) is 16.8 Å². The van der Waals surface area contributed by atoms with Crippen LogP contribution in [0, 0.1) is 0 Å². The predicted octanol–water partition coefficient (Wildman–Crippen LogP) is 2.05. The molecule has 0 spiro atoms. The van der Waals surface area contributed by atoms with E-state index >= 15 is 0 Å². The summed E-state index contributed by atoms with van der Waals surface area (Å²) in [5.74, 6) is -1.75. The highest BCUT2D eigenvalue weighted by Crippen LogP contribution is 2.31. The highest BCUT2D eigenvalue weighted by atomic mass is 35.5. The van der Waals surface area contributed by atoms with E-state index in [-0.39, 0.29) is 5.91 Å². The lowest BCUT2D eigenvalue weighted by Crippen LogP contribution is -2.24. The van der Waals surface area contributed by atoms with Gasteiger partial charge in [-0.1, -0.05) is 11.6 Å². The number of amides is 2. The van der Waals surface area contributed by atoms with Crippen molar-refractivity contribution < 1.29 is 19.5 Å². The van der Waals surface area contributed by atoms with Gasteiger partial charge in [0.15, 0.2) is 0 Å². The van der Waals surface area contributed by atoms with E-state index < -0.39 is 11.9 Å². The predicted molar refractivity (Wildman–Crippen MR) is 78.4 cm³/mol. The van der Waals surface area contributed by atoms with Gasteiger partial charge in [-0.2, -0.15) is 0 Å². The molecule has 2 N–H and O–H groups in total. The molecule has 1 saturated heterocycles. The fourth-order valence-corrected chi connectivity index (χ4v) is 2.32. The van der Waals surface area contributed by atoms with E-state index in [1.165, 1.54) is 6.07 Å². The number of carboxylic acid groups (broad SMARTS) is 1. The Kier molecular flexibility index (Phi) is 4.59. The van der Waals surface area contributed by atoms with Gasteiger partial charge in [0.05, 0.1) is 10.7 Å². The van der Waals surface area contributed by atoms with Gasteiger partial charge in [-0.25, -0.2) is 4.79 Å². The summed E-state index contributed by atoms with van der Waals surface area (Å²) in [4.78, 5) is 35.0. The van der Waals surface area contributed by atoms with Crippen LogP contribution in [0.4, 0.5) is 11.4 Å². The second kappa shape index (κ2) is 6.41. The highest BCUT2D eigenvalue weighted by molar-refractivity contribution is 6.34. The number of benzene rings is 1. The third-order valence-corrected chi connectivity index (χ3v) is 3.26. The summed E-state index contributed by atoms with van der Waals surface area (Å²) in [5, 5.41) is 11.3. The lowest BCUT2D eigenvalue weighted by Gasteiger charge is -2.17. The van der Waals surface area contributed by atoms with Crippen LogP contribution >= 0.6 is 11.6 Å². The number of carbonyl (C=O) groups is 3. The first-order chi connectivity index (χ1) is 9.97. The molecule has 0 radical (unpaired) electrons. The maximum atomic E-state index is 11.7. The molecule has 1 fully saturated rings. The van der Waals surface area contributed by atoms with Crippen molar-refractivity contribution in [3.05, 3.63) is 35.4 Å². The van der Waals surface area contributed by atoms with E-state index in [1.54, 1.807) is 17.0 Å². The Labute approximate surface area is 126 Å². The Hall–Kier alpha value is -2.34. The number of hydrogen-bond donors (Lipinski definition) is 2. The monoisotopic (exact) mass is 308 g/mol. The molecule has 0 unspecified atom stereocenters. The summed E-state index contributed by atoms with van der Waals surface area (Å²) in [7, 11) is 0. The fraction of sp³-hybridized carbons (Fsp3) is 0.214. The van der Waals surface area contributed by atoms with Crippen molar-refractivity contribution in [3.8, 4) is 0 Å². The van der Waals surface area contributed by atoms with Crippen molar-refractivity contribution in [2.45, 2.75) is 12.8 Å². The van der Waals surface area contributed by atoms with Gasteiger partial charge in [0.1, 0.15) is 0 Å². The van der Waals surface area contributed by atoms with Crippen molar-refractivity contribution in [1.82, 2.24) is 0 Å². The maximum absolute atomic E-state index is 11.7. The average Bonchev–Trinajstić information content (AvgIpc) is 2.83. The first-order valence-corrected chi connectivity index (χ1v) is 6.67. The molecule has 0 aliphatic carbocycles. The number of carboxylic acids is 1. The molecule has 2 rings (SSSR count). The minimum atomic E-state index is -1.20. The van der Waals surface area contributed by atoms with Gasteiger partial charge in [-0.05, 0) is 24.6 Å². The molecule has 1 aliphatic heterocycles. The number of carbonyl (C=O) groups excluding carboxylic acids is 2. The topological polar surface area (TPSA) is 86.7 Å². The van der Waals surface area contributed by atoms with Gasteiger partial charge in [-0.15, -0.1) is 0 Å². The van der Waals surface area contributed by atoms with Gasteiger partial charge in [0, 0.05) is 30.8 Å². The average molecular weight is 309 g/mol. The number of anilines is 2. The molecule has 2 amide bonds. The molecule has 1 aromatic carbocycles. The summed E-state index contributed by atoms with van der Waals surface area (Å²) in [6.45, 7) is 0.631. The lowest BCUT2D eigenvalue weighted by atomic mass is 10.2.